The molecule has 0 radical (unpaired) electrons. The standard InChI is InChI=1S/C51H79NO13/c1-30-16-12-11-13-17-31(2)42(61-8)28-38-21-19-36(7)51(60,65-38)48(57)49(58)52-23-15-14-18-39(52)50(59)64-43(33(4)26-37-20-22-40(53)44(27-37)62-9)29-41(54)32(3)25-35(6)46(56)47(63-10)45(55)34(5)24-30/h11-13,16-17,25,30,32-34,36-40,42-44,46-47,53,56,60H,14-15,18-24,26-29H2,1-10H3/b13-11+,16-12+,31-17+,35-25+/t30-,32-,33-,34-,36-,37+,38+,39+,40?,42+,43+,44-,46-,47+,51-/m1/s1. The maximum absolute atomic E-state index is 14.4. The Balaban J connectivity index is 1.70. The number of hydrogen-bond donors (Lipinski definition) is 3. The van der Waals surface area contributed by atoms with Gasteiger partial charge in [0.25, 0.3) is 11.7 Å². The first kappa shape index (κ1) is 54.2. The highest BCUT2D eigenvalue weighted by atomic mass is 16.6. The Bertz CT molecular complexity index is 1760. The first-order valence-corrected chi connectivity index (χ1v) is 23.9. The van der Waals surface area contributed by atoms with Crippen molar-refractivity contribution in [3.05, 3.63) is 47.6 Å². The molecule has 4 aliphatic rings. The molecule has 1 aliphatic carbocycles. The van der Waals surface area contributed by atoms with Gasteiger partial charge in [0.05, 0.1) is 24.4 Å². The third-order valence-corrected chi connectivity index (χ3v) is 14.5. The Kier molecular flexibility index (Phi) is 21.0. The second-order valence-corrected chi connectivity index (χ2v) is 19.6. The van der Waals surface area contributed by atoms with Gasteiger partial charge in [0.15, 0.2) is 5.78 Å². The summed E-state index contributed by atoms with van der Waals surface area (Å²) in [6.07, 6.45) is 11.2. The fourth-order valence-corrected chi connectivity index (χ4v) is 10.1. The topological polar surface area (TPSA) is 195 Å². The van der Waals surface area contributed by atoms with E-state index < -0.39 is 83.9 Å². The van der Waals surface area contributed by atoms with Crippen molar-refractivity contribution in [1.82, 2.24) is 4.90 Å². The molecule has 1 saturated carbocycles. The van der Waals surface area contributed by atoms with E-state index in [0.717, 1.165) is 12.0 Å². The number of nitrogens with zero attached hydrogens (tertiary/aromatic N) is 1. The molecule has 14 heteroatoms. The normalized spacial score (nSPS) is 40.4. The van der Waals surface area contributed by atoms with Crippen LogP contribution in [0, 0.1) is 35.5 Å². The molecule has 0 spiro atoms. The fourth-order valence-electron chi connectivity index (χ4n) is 10.1. The van der Waals surface area contributed by atoms with E-state index in [0.29, 0.717) is 63.4 Å². The SMILES string of the molecule is CO[C@H]1C[C@@H]2CC[C@@H](C)[C@@](O)(O2)C(=O)C(=O)N2CCCC[C@H]2C(=O)O[C@H]([C@H](C)C[C@@H]2CCC(O)[C@H](OC)C2)CC(=O)[C@H](C)/C=C(\C)[C@@H](O)[C@@H](OC)C(=O)[C@H](C)C[C@H](C)/C=C/C=C/C=C/1C. The van der Waals surface area contributed by atoms with E-state index in [1.54, 1.807) is 41.1 Å². The number of methoxy groups -OCH3 is 3. The second-order valence-electron chi connectivity index (χ2n) is 19.6. The third kappa shape index (κ3) is 14.3. The van der Waals surface area contributed by atoms with Crippen molar-refractivity contribution in [2.75, 3.05) is 27.9 Å². The number of carbonyl (C=O) groups is 5. The van der Waals surface area contributed by atoms with Crippen molar-refractivity contribution in [3.63, 3.8) is 0 Å². The van der Waals surface area contributed by atoms with Crippen molar-refractivity contribution >= 4 is 29.2 Å². The zero-order valence-electron chi connectivity index (χ0n) is 40.6. The van der Waals surface area contributed by atoms with Gasteiger partial charge in [-0.15, -0.1) is 0 Å². The van der Waals surface area contributed by atoms with Gasteiger partial charge in [-0.05, 0) is 107 Å². The average Bonchev–Trinajstić information content (AvgIpc) is 3.28. The van der Waals surface area contributed by atoms with Gasteiger partial charge in [-0.1, -0.05) is 71.1 Å². The van der Waals surface area contributed by atoms with Crippen LogP contribution in [0.4, 0.5) is 0 Å². The molecule has 3 fully saturated rings. The number of piperidine rings is 1. The lowest BCUT2D eigenvalue weighted by Gasteiger charge is -2.42. The molecule has 2 saturated heterocycles. The molecular weight excluding hydrogens is 835 g/mol. The van der Waals surface area contributed by atoms with Crippen LogP contribution in [0.15, 0.2) is 47.6 Å². The van der Waals surface area contributed by atoms with Gasteiger partial charge < -0.3 is 43.9 Å². The molecule has 2 bridgehead atoms. The van der Waals surface area contributed by atoms with Crippen LogP contribution < -0.4 is 0 Å². The summed E-state index contributed by atoms with van der Waals surface area (Å²) in [6, 6.07) is -1.14. The van der Waals surface area contributed by atoms with E-state index in [2.05, 4.69) is 0 Å². The summed E-state index contributed by atoms with van der Waals surface area (Å²) in [6.45, 7) is 12.7. The minimum Gasteiger partial charge on any atom is -0.460 e. The van der Waals surface area contributed by atoms with Crippen LogP contribution in [-0.4, -0.2) is 132 Å². The minimum absolute atomic E-state index is 0.0193. The number of aliphatic hydroxyl groups excluding tert-OH is 2. The van der Waals surface area contributed by atoms with Gasteiger partial charge in [0.2, 0.25) is 5.79 Å². The second kappa shape index (κ2) is 25.1. The summed E-state index contributed by atoms with van der Waals surface area (Å²) in [5.74, 6) is -7.96. The van der Waals surface area contributed by atoms with Crippen LogP contribution >= 0.6 is 0 Å². The molecule has 15 atom stereocenters. The molecule has 0 aromatic heterocycles. The van der Waals surface area contributed by atoms with E-state index in [9.17, 15) is 39.3 Å². The van der Waals surface area contributed by atoms with Crippen LogP contribution in [0.25, 0.3) is 0 Å². The molecule has 0 aromatic carbocycles. The average molecular weight is 914 g/mol. The summed E-state index contributed by atoms with van der Waals surface area (Å²) >= 11 is 0. The van der Waals surface area contributed by atoms with Crippen molar-refractivity contribution < 1.29 is 63.0 Å². The van der Waals surface area contributed by atoms with Crippen LogP contribution in [0.1, 0.15) is 126 Å². The Labute approximate surface area is 387 Å². The lowest BCUT2D eigenvalue weighted by Crippen LogP contribution is -2.61. The maximum atomic E-state index is 14.4. The molecule has 1 amide bonds. The Morgan fingerprint density at radius 3 is 2.25 bits per heavy atom. The van der Waals surface area contributed by atoms with Gasteiger partial charge >= 0.3 is 5.97 Å². The fraction of sp³-hybridized carbons (Fsp3) is 0.745. The number of esters is 1. The molecule has 65 heavy (non-hydrogen) atoms. The highest BCUT2D eigenvalue weighted by Crippen LogP contribution is 2.38. The molecule has 3 N–H and O–H groups in total. The van der Waals surface area contributed by atoms with E-state index in [1.807, 2.05) is 58.1 Å². The number of ketones is 3. The number of cyclic esters (lactones) is 1. The Hall–Kier alpha value is -3.37. The monoisotopic (exact) mass is 914 g/mol. The maximum Gasteiger partial charge on any atom is 0.329 e. The van der Waals surface area contributed by atoms with Crippen molar-refractivity contribution in [2.24, 2.45) is 35.5 Å². The van der Waals surface area contributed by atoms with Crippen LogP contribution in [-0.2, 0) is 47.7 Å². The van der Waals surface area contributed by atoms with E-state index >= 15 is 0 Å². The summed E-state index contributed by atoms with van der Waals surface area (Å²) in [7, 11) is 4.52. The lowest BCUT2D eigenvalue weighted by molar-refractivity contribution is -0.265. The summed E-state index contributed by atoms with van der Waals surface area (Å²) in [4.78, 5) is 71.8. The highest BCUT2D eigenvalue weighted by molar-refractivity contribution is 6.39. The largest absolute Gasteiger partial charge is 0.460 e. The number of hydrogen-bond acceptors (Lipinski definition) is 13. The number of ether oxygens (including phenoxy) is 5. The number of rotatable bonds is 6. The first-order chi connectivity index (χ1) is 30.7. The molecule has 3 aliphatic heterocycles. The van der Waals surface area contributed by atoms with Crippen molar-refractivity contribution in [1.29, 1.82) is 0 Å². The third-order valence-electron chi connectivity index (χ3n) is 14.5. The van der Waals surface area contributed by atoms with Gasteiger partial charge in [0, 0.05) is 58.5 Å². The van der Waals surface area contributed by atoms with Gasteiger partial charge in [-0.3, -0.25) is 19.2 Å². The predicted octanol–water partition coefficient (Wildman–Crippen LogP) is 6.18. The first-order valence-electron chi connectivity index (χ1n) is 23.9. The van der Waals surface area contributed by atoms with Crippen LogP contribution in [0.2, 0.25) is 0 Å². The molecule has 3 heterocycles. The minimum atomic E-state index is -2.43. The number of carbonyl (C=O) groups excluding carboxylic acids is 5. The van der Waals surface area contributed by atoms with E-state index in [4.69, 9.17) is 23.7 Å². The number of allylic oxidation sites excluding steroid dienone is 6. The van der Waals surface area contributed by atoms with E-state index in [1.165, 1.54) is 12.0 Å². The van der Waals surface area contributed by atoms with Crippen molar-refractivity contribution in [2.45, 2.75) is 180 Å². The molecule has 1 unspecified atom stereocenters. The van der Waals surface area contributed by atoms with Crippen molar-refractivity contribution in [3.8, 4) is 0 Å². The number of aliphatic hydroxyl groups is 3. The van der Waals surface area contributed by atoms with Crippen LogP contribution in [0.5, 0.6) is 0 Å². The highest BCUT2D eigenvalue weighted by Gasteiger charge is 2.53. The zero-order valence-corrected chi connectivity index (χ0v) is 40.6. The van der Waals surface area contributed by atoms with Gasteiger partial charge in [-0.2, -0.15) is 0 Å². The molecule has 0 aromatic rings. The zero-order chi connectivity index (χ0) is 48.2. The molecular formula is C51H79NO13. The smallest absolute Gasteiger partial charge is 0.329 e. The van der Waals surface area contributed by atoms with E-state index in [-0.39, 0.29) is 54.8 Å². The Morgan fingerprint density at radius 2 is 1.57 bits per heavy atom. The van der Waals surface area contributed by atoms with Gasteiger partial charge in [-0.25, -0.2) is 4.79 Å². The summed E-state index contributed by atoms with van der Waals surface area (Å²) in [5, 5.41) is 33.8. The molecule has 14 nitrogen and oxygen atoms in total. The van der Waals surface area contributed by atoms with Gasteiger partial charge in [0.1, 0.15) is 30.1 Å². The molecule has 366 valence electrons. The Morgan fingerprint density at radius 1 is 0.846 bits per heavy atom. The predicted molar refractivity (Wildman–Crippen MR) is 245 cm³/mol. The number of Topliss-reactive ketones (excluding diaryl/α,β-unsaturated/α-hetero) is 3. The lowest BCUT2D eigenvalue weighted by atomic mass is 9.78. The summed E-state index contributed by atoms with van der Waals surface area (Å²) in [5.41, 5.74) is 1.27. The molecule has 4 rings (SSSR count). The van der Waals surface area contributed by atoms with Crippen LogP contribution in [0.3, 0.4) is 0 Å². The quantitative estimate of drug-likeness (QED) is 0.156. The summed E-state index contributed by atoms with van der Waals surface area (Å²) < 4.78 is 29.4. The number of amides is 1. The number of fused-ring (bicyclic) bond motifs is 3.